The van der Waals surface area contributed by atoms with Gasteiger partial charge in [-0.25, -0.2) is 4.39 Å². The van der Waals surface area contributed by atoms with Crippen molar-refractivity contribution in [1.82, 2.24) is 0 Å². The van der Waals surface area contributed by atoms with Crippen LogP contribution in [-0.4, -0.2) is 16.3 Å². The molecule has 0 N–H and O–H groups in total. The zero-order chi connectivity index (χ0) is 14.1. The molecule has 0 spiro atoms. The number of thioether (sulfide) groups is 1. The summed E-state index contributed by atoms with van der Waals surface area (Å²) in [6.45, 7) is 0. The third-order valence-electron chi connectivity index (χ3n) is 4.27. The maximum Gasteiger partial charge on any atom is 0.166 e. The minimum atomic E-state index is -0.555. The van der Waals surface area contributed by atoms with Crippen molar-refractivity contribution in [3.63, 3.8) is 0 Å². The molecule has 1 aromatic carbocycles. The van der Waals surface area contributed by atoms with Gasteiger partial charge in [0.05, 0.1) is 5.56 Å². The number of halogens is 1. The molecular weight excluding hydrogens is 273 g/mol. The van der Waals surface area contributed by atoms with E-state index in [-0.39, 0.29) is 17.3 Å². The van der Waals surface area contributed by atoms with Crippen LogP contribution >= 0.6 is 11.8 Å². The zero-order valence-corrected chi connectivity index (χ0v) is 12.0. The van der Waals surface area contributed by atoms with Gasteiger partial charge >= 0.3 is 0 Å². The van der Waals surface area contributed by atoms with Crippen molar-refractivity contribution in [2.45, 2.75) is 42.6 Å². The first-order valence-corrected chi connectivity index (χ1v) is 8.01. The number of nitrogens with zero attached hydrogens (tertiary/aromatic N) is 1. The largest absolute Gasteiger partial charge is 0.294 e. The van der Waals surface area contributed by atoms with Gasteiger partial charge in [0.15, 0.2) is 5.78 Å². The fourth-order valence-electron chi connectivity index (χ4n) is 3.27. The highest BCUT2D eigenvalue weighted by atomic mass is 32.2. The van der Waals surface area contributed by atoms with E-state index >= 15 is 0 Å². The Morgan fingerprint density at radius 1 is 1.30 bits per heavy atom. The highest BCUT2D eigenvalue weighted by Crippen LogP contribution is 2.44. The van der Waals surface area contributed by atoms with Crippen LogP contribution < -0.4 is 0 Å². The van der Waals surface area contributed by atoms with Gasteiger partial charge in [-0.2, -0.15) is 17.0 Å². The maximum absolute atomic E-state index is 13.3. The van der Waals surface area contributed by atoms with Crippen molar-refractivity contribution in [1.29, 1.82) is 5.26 Å². The Hall–Kier alpha value is -1.34. The van der Waals surface area contributed by atoms with Gasteiger partial charge in [0.2, 0.25) is 0 Å². The predicted molar refractivity (Wildman–Crippen MR) is 77.2 cm³/mol. The number of nitriles is 1. The molecule has 2 fully saturated rings. The first-order valence-electron chi connectivity index (χ1n) is 7.06. The fourth-order valence-corrected chi connectivity index (χ4v) is 5.11. The Labute approximate surface area is 122 Å². The van der Waals surface area contributed by atoms with Gasteiger partial charge in [-0.15, -0.1) is 0 Å². The Morgan fingerprint density at radius 3 is 2.65 bits per heavy atom. The lowest BCUT2D eigenvalue weighted by Crippen LogP contribution is -2.32. The average molecular weight is 289 g/mol. The number of hydrogen-bond donors (Lipinski definition) is 0. The molecule has 104 valence electrons. The number of ketones is 1. The monoisotopic (exact) mass is 289 g/mol. The third-order valence-corrected chi connectivity index (χ3v) is 5.90. The number of fused-ring (bicyclic) bond motifs is 2. The molecule has 1 aromatic rings. The molecule has 2 heterocycles. The Bertz CT molecular complexity index is 568. The van der Waals surface area contributed by atoms with E-state index in [1.165, 1.54) is 37.5 Å². The fraction of sp³-hybridized carbons (Fsp3) is 0.500. The van der Waals surface area contributed by atoms with E-state index in [9.17, 15) is 9.18 Å². The molecular formula is C16H16FNOS. The molecule has 0 radical (unpaired) electrons. The Kier molecular flexibility index (Phi) is 3.80. The summed E-state index contributed by atoms with van der Waals surface area (Å²) in [5.74, 6) is -0.428. The van der Waals surface area contributed by atoms with Crippen LogP contribution in [0.2, 0.25) is 0 Å². The normalized spacial score (nSPS) is 28.7. The smallest absolute Gasteiger partial charge is 0.166 e. The van der Waals surface area contributed by atoms with Crippen LogP contribution in [0.1, 0.15) is 48.0 Å². The van der Waals surface area contributed by atoms with E-state index in [2.05, 4.69) is 0 Å². The zero-order valence-electron chi connectivity index (χ0n) is 11.1. The summed E-state index contributed by atoms with van der Waals surface area (Å²) in [5, 5.41) is 10.1. The van der Waals surface area contributed by atoms with E-state index in [0.29, 0.717) is 16.1 Å². The number of carbonyl (C=O) groups is 1. The van der Waals surface area contributed by atoms with Gasteiger partial charge in [-0.05, 0) is 43.9 Å². The van der Waals surface area contributed by atoms with Crippen LogP contribution in [0.4, 0.5) is 4.39 Å². The van der Waals surface area contributed by atoms with Gasteiger partial charge in [0.25, 0.3) is 0 Å². The van der Waals surface area contributed by atoms with E-state index < -0.39 is 5.82 Å². The summed E-state index contributed by atoms with van der Waals surface area (Å²) >= 11 is 2.04. The molecule has 2 atom stereocenters. The van der Waals surface area contributed by atoms with Crippen molar-refractivity contribution < 1.29 is 9.18 Å². The minimum absolute atomic E-state index is 0.0405. The number of hydrogen-bond acceptors (Lipinski definition) is 3. The van der Waals surface area contributed by atoms with Gasteiger partial charge in [-0.1, -0.05) is 6.42 Å². The number of Topliss-reactive ketones (excluding diaryl/α,β-unsaturated/α-hetero) is 1. The second-order valence-corrected chi connectivity index (χ2v) is 7.26. The van der Waals surface area contributed by atoms with Crippen LogP contribution in [0, 0.1) is 23.1 Å². The van der Waals surface area contributed by atoms with Crippen LogP contribution in [0.3, 0.4) is 0 Å². The molecule has 0 saturated carbocycles. The van der Waals surface area contributed by atoms with Crippen molar-refractivity contribution in [2.24, 2.45) is 5.92 Å². The van der Waals surface area contributed by atoms with Crippen LogP contribution in [0.25, 0.3) is 0 Å². The topological polar surface area (TPSA) is 40.9 Å². The third kappa shape index (κ3) is 2.60. The molecule has 0 aromatic heterocycles. The second-order valence-electron chi connectivity index (χ2n) is 5.65. The molecule has 2 bridgehead atoms. The highest BCUT2D eigenvalue weighted by Gasteiger charge is 2.35. The maximum atomic E-state index is 13.3. The molecule has 2 saturated heterocycles. The van der Waals surface area contributed by atoms with Gasteiger partial charge in [0, 0.05) is 22.0 Å². The van der Waals surface area contributed by atoms with Crippen LogP contribution in [0.5, 0.6) is 0 Å². The lowest BCUT2D eigenvalue weighted by Gasteiger charge is -2.37. The van der Waals surface area contributed by atoms with E-state index in [1.807, 2.05) is 11.8 Å². The standard InChI is InChI=1S/C16H16FNOS/c17-15-5-4-10(6-12(15)9-18)16(19)11-7-13-2-1-3-14(8-11)20-13/h4-6,11,13-14H,1-3,7-8H2. The molecule has 3 rings (SSSR count). The van der Waals surface area contributed by atoms with Crippen LogP contribution in [-0.2, 0) is 0 Å². The van der Waals surface area contributed by atoms with Crippen molar-refractivity contribution >= 4 is 17.5 Å². The average Bonchev–Trinajstić information content (AvgIpc) is 2.46. The Balaban J connectivity index is 1.80. The second kappa shape index (κ2) is 5.57. The predicted octanol–water partition coefficient (Wildman–Crippen LogP) is 3.94. The first kappa shape index (κ1) is 13.6. The van der Waals surface area contributed by atoms with Crippen molar-refractivity contribution in [3.8, 4) is 6.07 Å². The summed E-state index contributed by atoms with van der Waals surface area (Å²) in [6, 6.07) is 5.94. The van der Waals surface area contributed by atoms with E-state index in [1.54, 1.807) is 6.07 Å². The molecule has 0 aliphatic carbocycles. The van der Waals surface area contributed by atoms with Gasteiger partial charge in [-0.3, -0.25) is 4.79 Å². The number of carbonyl (C=O) groups excluding carboxylic acids is 1. The van der Waals surface area contributed by atoms with Crippen molar-refractivity contribution in [2.75, 3.05) is 0 Å². The highest BCUT2D eigenvalue weighted by molar-refractivity contribution is 8.00. The minimum Gasteiger partial charge on any atom is -0.294 e. The van der Waals surface area contributed by atoms with Gasteiger partial charge in [0.1, 0.15) is 11.9 Å². The van der Waals surface area contributed by atoms with E-state index in [0.717, 1.165) is 12.8 Å². The number of rotatable bonds is 2. The lowest BCUT2D eigenvalue weighted by atomic mass is 9.84. The molecule has 2 unspecified atom stereocenters. The summed E-state index contributed by atoms with van der Waals surface area (Å²) in [6.07, 6.45) is 5.55. The molecule has 20 heavy (non-hydrogen) atoms. The number of benzene rings is 1. The Morgan fingerprint density at radius 2 is 2.00 bits per heavy atom. The van der Waals surface area contributed by atoms with Crippen molar-refractivity contribution in [3.05, 3.63) is 35.1 Å². The summed E-state index contributed by atoms with van der Waals surface area (Å²) in [4.78, 5) is 12.6. The van der Waals surface area contributed by atoms with E-state index in [4.69, 9.17) is 5.26 Å². The first-order chi connectivity index (χ1) is 9.67. The SMILES string of the molecule is N#Cc1cc(C(=O)C2CC3CCCC(C2)S3)ccc1F. The molecule has 0 amide bonds. The van der Waals surface area contributed by atoms with Crippen LogP contribution in [0.15, 0.2) is 18.2 Å². The lowest BCUT2D eigenvalue weighted by molar-refractivity contribution is 0.0896. The molecule has 2 aliphatic heterocycles. The summed E-state index contributed by atoms with van der Waals surface area (Å²) in [5.41, 5.74) is 0.444. The molecule has 2 nitrogen and oxygen atoms in total. The summed E-state index contributed by atoms with van der Waals surface area (Å²) in [7, 11) is 0. The quantitative estimate of drug-likeness (QED) is 0.774. The summed E-state index contributed by atoms with van der Waals surface area (Å²) < 4.78 is 13.3. The molecule has 4 heteroatoms. The molecule has 2 aliphatic rings. The van der Waals surface area contributed by atoms with Gasteiger partial charge < -0.3 is 0 Å².